The third-order valence-electron chi connectivity index (χ3n) is 2.98. The first-order valence-corrected chi connectivity index (χ1v) is 5.13. The second kappa shape index (κ2) is 4.75. The zero-order chi connectivity index (χ0) is 10.7. The molecule has 1 fully saturated rings. The lowest BCUT2D eigenvalue weighted by atomic mass is 10.1. The smallest absolute Gasteiger partial charge is 0.251 e. The van der Waals surface area contributed by atoms with Crippen molar-refractivity contribution in [3.8, 4) is 0 Å². The van der Waals surface area contributed by atoms with Gasteiger partial charge in [0.1, 0.15) is 6.10 Å². The number of likely N-dealkylation sites (tertiary alicyclic amines) is 1. The molecule has 1 saturated heterocycles. The molecular formula is C10H20N2O2. The van der Waals surface area contributed by atoms with Gasteiger partial charge in [0, 0.05) is 19.7 Å². The normalized spacial score (nSPS) is 29.3. The number of carbonyl (C=O) groups excluding carboxylic acids is 1. The molecule has 1 amide bonds. The Hall–Kier alpha value is -0.610. The summed E-state index contributed by atoms with van der Waals surface area (Å²) in [5, 5.41) is 0. The van der Waals surface area contributed by atoms with Gasteiger partial charge in [-0.15, -0.1) is 0 Å². The topological polar surface area (TPSA) is 55.6 Å². The molecular weight excluding hydrogens is 180 g/mol. The molecule has 4 nitrogen and oxygen atoms in total. The molecule has 1 aliphatic rings. The van der Waals surface area contributed by atoms with E-state index in [2.05, 4.69) is 6.92 Å². The molecule has 2 N–H and O–H groups in total. The zero-order valence-electron chi connectivity index (χ0n) is 9.19. The number of amides is 1. The van der Waals surface area contributed by atoms with Crippen LogP contribution in [0.25, 0.3) is 0 Å². The number of carbonyl (C=O) groups is 1. The van der Waals surface area contributed by atoms with Gasteiger partial charge < -0.3 is 15.4 Å². The highest BCUT2D eigenvalue weighted by molar-refractivity contribution is 5.81. The summed E-state index contributed by atoms with van der Waals surface area (Å²) >= 11 is 0. The Morgan fingerprint density at radius 2 is 2.36 bits per heavy atom. The summed E-state index contributed by atoms with van der Waals surface area (Å²) in [7, 11) is 1.56. The second-order valence-corrected chi connectivity index (χ2v) is 4.05. The fourth-order valence-corrected chi connectivity index (χ4v) is 1.95. The third kappa shape index (κ3) is 2.25. The monoisotopic (exact) mass is 200 g/mol. The van der Waals surface area contributed by atoms with Crippen molar-refractivity contribution in [3.05, 3.63) is 0 Å². The Kier molecular flexibility index (Phi) is 3.89. The molecule has 4 heteroatoms. The minimum Gasteiger partial charge on any atom is -0.372 e. The Morgan fingerprint density at radius 1 is 1.71 bits per heavy atom. The summed E-state index contributed by atoms with van der Waals surface area (Å²) in [5.41, 5.74) is 5.60. The van der Waals surface area contributed by atoms with Crippen molar-refractivity contribution < 1.29 is 9.53 Å². The first kappa shape index (κ1) is 11.5. The number of hydrogen-bond donors (Lipinski definition) is 1. The van der Waals surface area contributed by atoms with Crippen molar-refractivity contribution in [2.75, 3.05) is 20.2 Å². The lowest BCUT2D eigenvalue weighted by molar-refractivity contribution is -0.141. The highest BCUT2D eigenvalue weighted by Crippen LogP contribution is 2.22. The molecule has 0 spiro atoms. The van der Waals surface area contributed by atoms with E-state index in [1.165, 1.54) is 0 Å². The standard InChI is InChI=1S/C10H20N2O2/c1-7-4-9(5-11)6-12(7)10(13)8(2)14-3/h7-9H,4-6,11H2,1-3H3. The van der Waals surface area contributed by atoms with Crippen molar-refractivity contribution in [2.24, 2.45) is 11.7 Å². The van der Waals surface area contributed by atoms with E-state index in [4.69, 9.17) is 10.5 Å². The van der Waals surface area contributed by atoms with E-state index in [-0.39, 0.29) is 12.0 Å². The van der Waals surface area contributed by atoms with Gasteiger partial charge in [-0.3, -0.25) is 4.79 Å². The maximum atomic E-state index is 11.8. The van der Waals surface area contributed by atoms with E-state index in [0.717, 1.165) is 13.0 Å². The predicted octanol–water partition coefficient (Wildman–Crippen LogP) is 0.217. The van der Waals surface area contributed by atoms with Gasteiger partial charge >= 0.3 is 0 Å². The molecule has 1 heterocycles. The molecule has 0 aliphatic carbocycles. The number of rotatable bonds is 3. The van der Waals surface area contributed by atoms with Gasteiger partial charge in [-0.25, -0.2) is 0 Å². The molecule has 0 aromatic rings. The first-order valence-electron chi connectivity index (χ1n) is 5.13. The van der Waals surface area contributed by atoms with Gasteiger partial charge in [0.2, 0.25) is 0 Å². The summed E-state index contributed by atoms with van der Waals surface area (Å²) in [6.45, 7) is 5.29. The summed E-state index contributed by atoms with van der Waals surface area (Å²) in [5.74, 6) is 0.536. The molecule has 0 aromatic carbocycles. The fourth-order valence-electron chi connectivity index (χ4n) is 1.95. The Labute approximate surface area is 85.4 Å². The van der Waals surface area contributed by atoms with Crippen molar-refractivity contribution in [3.63, 3.8) is 0 Å². The first-order chi connectivity index (χ1) is 6.60. The number of hydrogen-bond acceptors (Lipinski definition) is 3. The number of ether oxygens (including phenoxy) is 1. The number of nitrogens with zero attached hydrogens (tertiary/aromatic N) is 1. The van der Waals surface area contributed by atoms with E-state index in [9.17, 15) is 4.79 Å². The minimum absolute atomic E-state index is 0.0796. The van der Waals surface area contributed by atoms with Crippen LogP contribution in [0.4, 0.5) is 0 Å². The lowest BCUT2D eigenvalue weighted by Gasteiger charge is -2.24. The maximum absolute atomic E-state index is 11.8. The average molecular weight is 200 g/mol. The highest BCUT2D eigenvalue weighted by Gasteiger charge is 2.33. The van der Waals surface area contributed by atoms with E-state index >= 15 is 0 Å². The minimum atomic E-state index is -0.339. The van der Waals surface area contributed by atoms with Crippen LogP contribution in [0, 0.1) is 5.92 Å². The molecule has 1 rings (SSSR count). The van der Waals surface area contributed by atoms with Crippen LogP contribution < -0.4 is 5.73 Å². The van der Waals surface area contributed by atoms with E-state index in [0.29, 0.717) is 18.5 Å². The van der Waals surface area contributed by atoms with Crippen molar-refractivity contribution >= 4 is 5.91 Å². The summed E-state index contributed by atoms with van der Waals surface area (Å²) in [4.78, 5) is 13.7. The number of methoxy groups -OCH3 is 1. The molecule has 0 bridgehead atoms. The molecule has 0 saturated carbocycles. The van der Waals surface area contributed by atoms with Gasteiger partial charge in [0.05, 0.1) is 0 Å². The lowest BCUT2D eigenvalue weighted by Crippen LogP contribution is -2.41. The van der Waals surface area contributed by atoms with E-state index in [1.54, 1.807) is 14.0 Å². The van der Waals surface area contributed by atoms with Crippen LogP contribution >= 0.6 is 0 Å². The molecule has 1 aliphatic heterocycles. The average Bonchev–Trinajstić information content (AvgIpc) is 2.57. The van der Waals surface area contributed by atoms with Crippen LogP contribution in [-0.2, 0) is 9.53 Å². The maximum Gasteiger partial charge on any atom is 0.251 e. The summed E-state index contributed by atoms with van der Waals surface area (Å²) < 4.78 is 5.02. The van der Waals surface area contributed by atoms with Crippen LogP contribution in [0.15, 0.2) is 0 Å². The molecule has 3 unspecified atom stereocenters. The van der Waals surface area contributed by atoms with Crippen LogP contribution in [0.2, 0.25) is 0 Å². The molecule has 3 atom stereocenters. The van der Waals surface area contributed by atoms with Gasteiger partial charge in [0.15, 0.2) is 0 Å². The quantitative estimate of drug-likeness (QED) is 0.709. The highest BCUT2D eigenvalue weighted by atomic mass is 16.5. The Bertz CT molecular complexity index is 208. The zero-order valence-corrected chi connectivity index (χ0v) is 9.19. The number of nitrogens with two attached hydrogens (primary N) is 1. The van der Waals surface area contributed by atoms with Gasteiger partial charge in [0.25, 0.3) is 5.91 Å². The van der Waals surface area contributed by atoms with Crippen molar-refractivity contribution in [1.29, 1.82) is 0 Å². The molecule has 14 heavy (non-hydrogen) atoms. The summed E-state index contributed by atoms with van der Waals surface area (Å²) in [6, 6.07) is 0.300. The largest absolute Gasteiger partial charge is 0.372 e. The molecule has 0 radical (unpaired) electrons. The van der Waals surface area contributed by atoms with Crippen LogP contribution in [0.5, 0.6) is 0 Å². The van der Waals surface area contributed by atoms with Crippen LogP contribution in [0.3, 0.4) is 0 Å². The van der Waals surface area contributed by atoms with Crippen LogP contribution in [0.1, 0.15) is 20.3 Å². The summed E-state index contributed by atoms with van der Waals surface area (Å²) in [6.07, 6.45) is 0.674. The van der Waals surface area contributed by atoms with Crippen molar-refractivity contribution in [2.45, 2.75) is 32.4 Å². The third-order valence-corrected chi connectivity index (χ3v) is 2.98. The van der Waals surface area contributed by atoms with Crippen molar-refractivity contribution in [1.82, 2.24) is 4.90 Å². The van der Waals surface area contributed by atoms with Gasteiger partial charge in [-0.2, -0.15) is 0 Å². The van der Waals surface area contributed by atoms with E-state index < -0.39 is 0 Å². The Balaban J connectivity index is 2.56. The molecule has 82 valence electrons. The van der Waals surface area contributed by atoms with E-state index in [1.807, 2.05) is 4.90 Å². The fraction of sp³-hybridized carbons (Fsp3) is 0.900. The Morgan fingerprint density at radius 3 is 2.79 bits per heavy atom. The van der Waals surface area contributed by atoms with Crippen LogP contribution in [-0.4, -0.2) is 43.2 Å². The molecule has 0 aromatic heterocycles. The van der Waals surface area contributed by atoms with Gasteiger partial charge in [-0.1, -0.05) is 0 Å². The second-order valence-electron chi connectivity index (χ2n) is 4.05. The van der Waals surface area contributed by atoms with Gasteiger partial charge in [-0.05, 0) is 32.7 Å². The SMILES string of the molecule is COC(C)C(=O)N1CC(CN)CC1C. The predicted molar refractivity (Wildman–Crippen MR) is 54.8 cm³/mol.